The number of aryl methyl sites for hydroxylation is 3. The minimum atomic E-state index is 0.453. The molecule has 2 heteroatoms. The fraction of sp³-hybridized carbons (Fsp3) is 0.647. The third-order valence-corrected chi connectivity index (χ3v) is 4.38. The molecule has 1 fully saturated rings. The molecular formula is C17H28N2. The van der Waals surface area contributed by atoms with Gasteiger partial charge in [0, 0.05) is 12.1 Å². The van der Waals surface area contributed by atoms with Crippen molar-refractivity contribution in [3.8, 4) is 0 Å². The normalized spacial score (nSPS) is 19.6. The summed E-state index contributed by atoms with van der Waals surface area (Å²) in [6.45, 7) is 11.4. The van der Waals surface area contributed by atoms with Gasteiger partial charge in [-0.05, 0) is 77.4 Å². The Balaban J connectivity index is 2.06. The zero-order valence-corrected chi connectivity index (χ0v) is 13.1. The van der Waals surface area contributed by atoms with Crippen LogP contribution in [0.2, 0.25) is 0 Å². The smallest absolute Gasteiger partial charge is 0.0299 e. The summed E-state index contributed by atoms with van der Waals surface area (Å²) < 4.78 is 0. The average molecular weight is 260 g/mol. The lowest BCUT2D eigenvalue weighted by Gasteiger charge is -2.32. The van der Waals surface area contributed by atoms with E-state index in [2.05, 4.69) is 57.1 Å². The molecule has 1 N–H and O–H groups in total. The van der Waals surface area contributed by atoms with Crippen LogP contribution in [0.5, 0.6) is 0 Å². The fourth-order valence-electron chi connectivity index (χ4n) is 3.49. The van der Waals surface area contributed by atoms with Crippen molar-refractivity contribution < 1.29 is 0 Å². The first-order valence-electron chi connectivity index (χ1n) is 7.49. The maximum absolute atomic E-state index is 3.83. The summed E-state index contributed by atoms with van der Waals surface area (Å²) in [5.41, 5.74) is 5.70. The quantitative estimate of drug-likeness (QED) is 0.896. The highest BCUT2D eigenvalue weighted by atomic mass is 15.1. The van der Waals surface area contributed by atoms with E-state index in [0.717, 1.165) is 0 Å². The number of hydrogen-bond donors (Lipinski definition) is 1. The van der Waals surface area contributed by atoms with Gasteiger partial charge < -0.3 is 10.2 Å². The van der Waals surface area contributed by atoms with E-state index < -0.39 is 0 Å². The van der Waals surface area contributed by atoms with Crippen molar-refractivity contribution >= 4 is 0 Å². The van der Waals surface area contributed by atoms with E-state index in [0.29, 0.717) is 12.1 Å². The van der Waals surface area contributed by atoms with Gasteiger partial charge in [-0.25, -0.2) is 0 Å². The summed E-state index contributed by atoms with van der Waals surface area (Å²) in [6, 6.07) is 5.73. The van der Waals surface area contributed by atoms with Crippen LogP contribution in [-0.4, -0.2) is 31.1 Å². The molecule has 0 aliphatic carbocycles. The highest BCUT2D eigenvalue weighted by Crippen LogP contribution is 2.24. The molecule has 1 aromatic carbocycles. The number of hydrogen-bond acceptors (Lipinski definition) is 2. The zero-order chi connectivity index (χ0) is 14.0. The van der Waals surface area contributed by atoms with E-state index in [4.69, 9.17) is 0 Å². The number of piperidine rings is 1. The molecule has 1 atom stereocenters. The van der Waals surface area contributed by atoms with Gasteiger partial charge in [0.25, 0.3) is 0 Å². The van der Waals surface area contributed by atoms with E-state index in [1.807, 2.05) is 0 Å². The third kappa shape index (κ3) is 3.58. The van der Waals surface area contributed by atoms with Gasteiger partial charge >= 0.3 is 0 Å². The molecule has 1 unspecified atom stereocenters. The van der Waals surface area contributed by atoms with Gasteiger partial charge in [0.2, 0.25) is 0 Å². The van der Waals surface area contributed by atoms with E-state index in [1.54, 1.807) is 0 Å². The molecule has 0 bridgehead atoms. The number of nitrogens with one attached hydrogen (secondary N) is 1. The van der Waals surface area contributed by atoms with Crippen molar-refractivity contribution in [1.29, 1.82) is 0 Å². The van der Waals surface area contributed by atoms with Crippen molar-refractivity contribution in [1.82, 2.24) is 10.2 Å². The molecule has 2 rings (SSSR count). The highest BCUT2D eigenvalue weighted by molar-refractivity contribution is 5.39. The molecule has 1 saturated heterocycles. The minimum Gasteiger partial charge on any atom is -0.307 e. The predicted octanol–water partition coefficient (Wildman–Crippen LogP) is 3.36. The number of rotatable bonds is 3. The van der Waals surface area contributed by atoms with Crippen LogP contribution in [0.1, 0.15) is 48.1 Å². The lowest BCUT2D eigenvalue weighted by Crippen LogP contribution is -2.41. The molecular weight excluding hydrogens is 232 g/mol. The van der Waals surface area contributed by atoms with Gasteiger partial charge in [0.15, 0.2) is 0 Å². The van der Waals surface area contributed by atoms with Gasteiger partial charge in [0.05, 0.1) is 0 Å². The standard InChI is InChI=1S/C17H28N2/c1-12-10-13(2)17(14(3)11-12)15(4)18-16-6-8-19(5)9-7-16/h10-11,15-16,18H,6-9H2,1-5H3. The monoisotopic (exact) mass is 260 g/mol. The molecule has 0 spiro atoms. The van der Waals surface area contributed by atoms with Crippen molar-refractivity contribution in [3.05, 3.63) is 34.4 Å². The number of benzene rings is 1. The van der Waals surface area contributed by atoms with Crippen molar-refractivity contribution in [2.45, 2.75) is 52.6 Å². The third-order valence-electron chi connectivity index (χ3n) is 4.38. The Kier molecular flexibility index (Phi) is 4.64. The molecule has 1 aromatic rings. The van der Waals surface area contributed by atoms with Gasteiger partial charge in [0.1, 0.15) is 0 Å². The van der Waals surface area contributed by atoms with Crippen molar-refractivity contribution in [2.75, 3.05) is 20.1 Å². The maximum Gasteiger partial charge on any atom is 0.0299 e. The lowest BCUT2D eigenvalue weighted by molar-refractivity contribution is 0.226. The van der Waals surface area contributed by atoms with Crippen LogP contribution in [0, 0.1) is 20.8 Å². The summed E-state index contributed by atoms with van der Waals surface area (Å²) in [4.78, 5) is 2.42. The largest absolute Gasteiger partial charge is 0.307 e. The van der Waals surface area contributed by atoms with Crippen LogP contribution < -0.4 is 5.32 Å². The molecule has 2 nitrogen and oxygen atoms in total. The SMILES string of the molecule is Cc1cc(C)c(C(C)NC2CCN(C)CC2)c(C)c1. The second kappa shape index (κ2) is 6.06. The first kappa shape index (κ1) is 14.5. The van der Waals surface area contributed by atoms with Gasteiger partial charge in [-0.3, -0.25) is 0 Å². The van der Waals surface area contributed by atoms with Gasteiger partial charge in [-0.1, -0.05) is 17.7 Å². The Morgan fingerprint density at radius 2 is 1.63 bits per heavy atom. The van der Waals surface area contributed by atoms with E-state index in [-0.39, 0.29) is 0 Å². The van der Waals surface area contributed by atoms with Crippen LogP contribution in [0.3, 0.4) is 0 Å². The van der Waals surface area contributed by atoms with Crippen molar-refractivity contribution in [2.24, 2.45) is 0 Å². The molecule has 0 amide bonds. The fourth-order valence-corrected chi connectivity index (χ4v) is 3.49. The van der Waals surface area contributed by atoms with Gasteiger partial charge in [-0.2, -0.15) is 0 Å². The average Bonchev–Trinajstić information content (AvgIpc) is 2.30. The van der Waals surface area contributed by atoms with E-state index in [1.165, 1.54) is 48.2 Å². The lowest BCUT2D eigenvalue weighted by atomic mass is 9.93. The molecule has 1 aliphatic heterocycles. The minimum absolute atomic E-state index is 0.453. The molecule has 1 heterocycles. The first-order valence-corrected chi connectivity index (χ1v) is 7.49. The summed E-state index contributed by atoms with van der Waals surface area (Å²) in [5, 5.41) is 3.83. The number of nitrogens with zero attached hydrogens (tertiary/aromatic N) is 1. The Hall–Kier alpha value is -0.860. The molecule has 0 aromatic heterocycles. The Labute approximate surface area is 118 Å². The van der Waals surface area contributed by atoms with Crippen molar-refractivity contribution in [3.63, 3.8) is 0 Å². The second-order valence-electron chi connectivity index (χ2n) is 6.28. The molecule has 0 radical (unpaired) electrons. The van der Waals surface area contributed by atoms with E-state index in [9.17, 15) is 0 Å². The Morgan fingerprint density at radius 1 is 1.11 bits per heavy atom. The molecule has 1 aliphatic rings. The first-order chi connectivity index (χ1) is 8.97. The summed E-state index contributed by atoms with van der Waals surface area (Å²) in [6.07, 6.45) is 2.54. The van der Waals surface area contributed by atoms with Gasteiger partial charge in [-0.15, -0.1) is 0 Å². The zero-order valence-electron chi connectivity index (χ0n) is 13.1. The van der Waals surface area contributed by atoms with Crippen LogP contribution in [-0.2, 0) is 0 Å². The Bertz CT molecular complexity index is 408. The van der Waals surface area contributed by atoms with E-state index >= 15 is 0 Å². The summed E-state index contributed by atoms with van der Waals surface area (Å²) in [5.74, 6) is 0. The highest BCUT2D eigenvalue weighted by Gasteiger charge is 2.20. The molecule has 19 heavy (non-hydrogen) atoms. The second-order valence-corrected chi connectivity index (χ2v) is 6.28. The van der Waals surface area contributed by atoms with Crippen LogP contribution in [0.25, 0.3) is 0 Å². The topological polar surface area (TPSA) is 15.3 Å². The summed E-state index contributed by atoms with van der Waals surface area (Å²) in [7, 11) is 2.22. The maximum atomic E-state index is 3.83. The van der Waals surface area contributed by atoms with Crippen LogP contribution >= 0.6 is 0 Å². The number of likely N-dealkylation sites (tertiary alicyclic amines) is 1. The summed E-state index contributed by atoms with van der Waals surface area (Å²) >= 11 is 0. The Morgan fingerprint density at radius 3 is 2.16 bits per heavy atom. The molecule has 0 saturated carbocycles. The van der Waals surface area contributed by atoms with Crippen LogP contribution in [0.4, 0.5) is 0 Å². The van der Waals surface area contributed by atoms with Crippen LogP contribution in [0.15, 0.2) is 12.1 Å². The molecule has 106 valence electrons. The predicted molar refractivity (Wildman–Crippen MR) is 82.7 cm³/mol.